The Balaban J connectivity index is 1.64. The van der Waals surface area contributed by atoms with Gasteiger partial charge in [-0.3, -0.25) is 15.0 Å². The van der Waals surface area contributed by atoms with Crippen LogP contribution in [0.4, 0.5) is 5.69 Å². The predicted octanol–water partition coefficient (Wildman–Crippen LogP) is 2.48. The molecule has 0 aromatic heterocycles. The maximum Gasteiger partial charge on any atom is 0.269 e. The highest BCUT2D eigenvalue weighted by molar-refractivity contribution is 7.89. The Morgan fingerprint density at radius 2 is 1.72 bits per heavy atom. The summed E-state index contributed by atoms with van der Waals surface area (Å²) < 4.78 is 27.0. The first-order chi connectivity index (χ1) is 11.9. The van der Waals surface area contributed by atoms with Crippen LogP contribution in [0.25, 0.3) is 0 Å². The minimum Gasteiger partial charge on any atom is -0.298 e. The van der Waals surface area contributed by atoms with E-state index in [0.29, 0.717) is 19.1 Å². The molecule has 0 spiro atoms. The van der Waals surface area contributed by atoms with Crippen molar-refractivity contribution < 1.29 is 13.3 Å². The normalized spacial score (nSPS) is 26.4. The number of nitro benzene ring substituents is 1. The van der Waals surface area contributed by atoms with Crippen LogP contribution in [-0.4, -0.2) is 54.8 Å². The molecule has 25 heavy (non-hydrogen) atoms. The zero-order chi connectivity index (χ0) is 18.0. The average molecular weight is 367 g/mol. The topological polar surface area (TPSA) is 83.8 Å². The van der Waals surface area contributed by atoms with Crippen LogP contribution >= 0.6 is 0 Å². The van der Waals surface area contributed by atoms with Gasteiger partial charge in [0.25, 0.3) is 5.69 Å². The van der Waals surface area contributed by atoms with E-state index in [2.05, 4.69) is 11.8 Å². The smallest absolute Gasteiger partial charge is 0.269 e. The van der Waals surface area contributed by atoms with E-state index in [4.69, 9.17) is 0 Å². The Morgan fingerprint density at radius 1 is 1.08 bits per heavy atom. The van der Waals surface area contributed by atoms with Crippen LogP contribution < -0.4 is 0 Å². The van der Waals surface area contributed by atoms with Crippen molar-refractivity contribution in [3.63, 3.8) is 0 Å². The number of sulfonamides is 1. The molecule has 2 aliphatic rings. The zero-order valence-corrected chi connectivity index (χ0v) is 15.3. The van der Waals surface area contributed by atoms with Crippen LogP contribution in [0.15, 0.2) is 29.2 Å². The second-order valence-corrected chi connectivity index (χ2v) is 9.05. The van der Waals surface area contributed by atoms with Gasteiger partial charge >= 0.3 is 0 Å². The maximum atomic E-state index is 12.7. The number of non-ortho nitro benzene ring substituents is 1. The summed E-state index contributed by atoms with van der Waals surface area (Å²) in [5.74, 6) is 0.751. The van der Waals surface area contributed by atoms with Crippen molar-refractivity contribution in [2.45, 2.75) is 43.5 Å². The van der Waals surface area contributed by atoms with Crippen molar-refractivity contribution in [1.82, 2.24) is 9.21 Å². The minimum atomic E-state index is -3.59. The molecule has 0 unspecified atom stereocenters. The monoisotopic (exact) mass is 367 g/mol. The number of hydrogen-bond donors (Lipinski definition) is 0. The Bertz CT molecular complexity index is 712. The number of benzene rings is 1. The highest BCUT2D eigenvalue weighted by Gasteiger charge is 2.32. The molecule has 1 aliphatic heterocycles. The summed E-state index contributed by atoms with van der Waals surface area (Å²) in [7, 11) is -3.59. The van der Waals surface area contributed by atoms with Crippen molar-refractivity contribution in [2.24, 2.45) is 5.92 Å². The molecule has 138 valence electrons. The van der Waals surface area contributed by atoms with Gasteiger partial charge in [-0.05, 0) is 30.9 Å². The van der Waals surface area contributed by atoms with E-state index in [0.717, 1.165) is 19.0 Å². The van der Waals surface area contributed by atoms with Gasteiger partial charge in [0.15, 0.2) is 0 Å². The SMILES string of the molecule is C[C@H]1CCC[C@@H](N2CCN(S(=O)(=O)c3ccc([N+](=O)[O-])cc3)CC2)C1. The Morgan fingerprint density at radius 3 is 2.28 bits per heavy atom. The van der Waals surface area contributed by atoms with Crippen molar-refractivity contribution in [3.8, 4) is 0 Å². The van der Waals surface area contributed by atoms with E-state index in [1.807, 2.05) is 0 Å². The highest BCUT2D eigenvalue weighted by Crippen LogP contribution is 2.29. The Hall–Kier alpha value is -1.51. The quantitative estimate of drug-likeness (QED) is 0.603. The first kappa shape index (κ1) is 18.3. The van der Waals surface area contributed by atoms with Gasteiger partial charge in [-0.25, -0.2) is 8.42 Å². The van der Waals surface area contributed by atoms with Gasteiger partial charge in [0.05, 0.1) is 9.82 Å². The van der Waals surface area contributed by atoms with Gasteiger partial charge < -0.3 is 0 Å². The summed E-state index contributed by atoms with van der Waals surface area (Å²) in [5.41, 5.74) is -0.102. The van der Waals surface area contributed by atoms with E-state index in [-0.39, 0.29) is 10.6 Å². The molecule has 1 saturated heterocycles. The first-order valence-electron chi connectivity index (χ1n) is 8.86. The third kappa shape index (κ3) is 4.02. The molecule has 0 N–H and O–H groups in total. The Kier molecular flexibility index (Phi) is 5.41. The number of piperazine rings is 1. The summed E-state index contributed by atoms with van der Waals surface area (Å²) >= 11 is 0. The van der Waals surface area contributed by atoms with Gasteiger partial charge in [-0.1, -0.05) is 19.8 Å². The van der Waals surface area contributed by atoms with Crippen molar-refractivity contribution in [3.05, 3.63) is 34.4 Å². The van der Waals surface area contributed by atoms with Crippen molar-refractivity contribution in [2.75, 3.05) is 26.2 Å². The fourth-order valence-corrected chi connectivity index (χ4v) is 5.35. The molecule has 0 amide bonds. The van der Waals surface area contributed by atoms with Crippen LogP contribution in [-0.2, 0) is 10.0 Å². The van der Waals surface area contributed by atoms with Crippen LogP contribution in [0.2, 0.25) is 0 Å². The molecule has 0 radical (unpaired) electrons. The lowest BCUT2D eigenvalue weighted by Crippen LogP contribution is -2.52. The van der Waals surface area contributed by atoms with Crippen LogP contribution in [0.5, 0.6) is 0 Å². The molecule has 3 rings (SSSR count). The minimum absolute atomic E-state index is 0.102. The highest BCUT2D eigenvalue weighted by atomic mass is 32.2. The van der Waals surface area contributed by atoms with E-state index in [9.17, 15) is 18.5 Å². The molecule has 8 heteroatoms. The number of rotatable bonds is 4. The van der Waals surface area contributed by atoms with Gasteiger partial charge in [0.1, 0.15) is 0 Å². The third-order valence-corrected chi connectivity index (χ3v) is 7.30. The lowest BCUT2D eigenvalue weighted by atomic mass is 9.86. The molecule has 1 aliphatic carbocycles. The van der Waals surface area contributed by atoms with E-state index >= 15 is 0 Å². The summed E-state index contributed by atoms with van der Waals surface area (Å²) in [6.45, 7) is 4.75. The van der Waals surface area contributed by atoms with E-state index < -0.39 is 14.9 Å². The molecule has 2 atom stereocenters. The first-order valence-corrected chi connectivity index (χ1v) is 10.3. The Labute approximate surface area is 148 Å². The molecule has 1 aromatic rings. The molecule has 1 heterocycles. The van der Waals surface area contributed by atoms with Crippen LogP contribution in [0.3, 0.4) is 0 Å². The third-order valence-electron chi connectivity index (χ3n) is 5.38. The fraction of sp³-hybridized carbons (Fsp3) is 0.647. The lowest BCUT2D eigenvalue weighted by Gasteiger charge is -2.41. The molecule has 1 saturated carbocycles. The molecular formula is C17H25N3O4S. The molecule has 7 nitrogen and oxygen atoms in total. The van der Waals surface area contributed by atoms with Crippen LogP contribution in [0, 0.1) is 16.0 Å². The molecule has 1 aromatic carbocycles. The molecule has 2 fully saturated rings. The van der Waals surface area contributed by atoms with Gasteiger partial charge in [0.2, 0.25) is 10.0 Å². The molecular weight excluding hydrogens is 342 g/mol. The predicted molar refractivity (Wildman–Crippen MR) is 94.8 cm³/mol. The summed E-state index contributed by atoms with van der Waals surface area (Å²) in [6, 6.07) is 5.71. The number of nitro groups is 1. The fourth-order valence-electron chi connectivity index (χ4n) is 3.93. The standard InChI is InChI=1S/C17H25N3O4S/c1-14-3-2-4-16(13-14)18-9-11-19(12-10-18)25(23,24)17-7-5-15(6-8-17)20(21)22/h5-8,14,16H,2-4,9-13H2,1H3/t14-,16+/m0/s1. The van der Waals surface area contributed by atoms with Gasteiger partial charge in [-0.2, -0.15) is 4.31 Å². The van der Waals surface area contributed by atoms with E-state index in [1.165, 1.54) is 54.3 Å². The number of hydrogen-bond acceptors (Lipinski definition) is 5. The van der Waals surface area contributed by atoms with Crippen molar-refractivity contribution in [1.29, 1.82) is 0 Å². The number of nitrogens with zero attached hydrogens (tertiary/aromatic N) is 3. The summed E-state index contributed by atoms with van der Waals surface area (Å²) in [6.07, 6.45) is 4.96. The van der Waals surface area contributed by atoms with E-state index in [1.54, 1.807) is 0 Å². The van der Waals surface area contributed by atoms with Crippen molar-refractivity contribution >= 4 is 15.7 Å². The largest absolute Gasteiger partial charge is 0.298 e. The average Bonchev–Trinajstić information content (AvgIpc) is 2.62. The van der Waals surface area contributed by atoms with Gasteiger partial charge in [-0.15, -0.1) is 0 Å². The van der Waals surface area contributed by atoms with Gasteiger partial charge in [0, 0.05) is 44.4 Å². The summed E-state index contributed by atoms with van der Waals surface area (Å²) in [4.78, 5) is 12.7. The van der Waals surface area contributed by atoms with Crippen LogP contribution in [0.1, 0.15) is 32.6 Å². The zero-order valence-electron chi connectivity index (χ0n) is 14.5. The second kappa shape index (κ2) is 7.39. The maximum absolute atomic E-state index is 12.7. The summed E-state index contributed by atoms with van der Waals surface area (Å²) in [5, 5.41) is 10.7. The lowest BCUT2D eigenvalue weighted by molar-refractivity contribution is -0.384. The molecule has 0 bridgehead atoms. The second-order valence-electron chi connectivity index (χ2n) is 7.12.